The van der Waals surface area contributed by atoms with Crippen LogP contribution in [0.3, 0.4) is 0 Å². The van der Waals surface area contributed by atoms with Gasteiger partial charge in [0.25, 0.3) is 0 Å². The number of carbonyl (C=O) groups excluding carboxylic acids is 4. The topological polar surface area (TPSA) is 180 Å². The highest BCUT2D eigenvalue weighted by atomic mass is 16.6. The van der Waals surface area contributed by atoms with Gasteiger partial charge < -0.3 is 29.2 Å². The molecule has 49 heavy (non-hydrogen) atoms. The van der Waals surface area contributed by atoms with E-state index in [1.165, 1.54) is 26.0 Å². The number of carboxylic acids is 2. The molecule has 0 amide bonds. The van der Waals surface area contributed by atoms with Crippen LogP contribution in [0.15, 0.2) is 94.1 Å². The molecule has 264 valence electrons. The SMILES string of the molecule is C=C(C)OC(=O)CCOC(=O)C1CC(C(=O)O)C\C(CCC)=C(/C2=C/C=C(OC(=O)CCOC(=O)C(=C)C)\C=C(/C(=O)O)C(C)=C2)C=C1C. The van der Waals surface area contributed by atoms with E-state index in [2.05, 4.69) is 13.2 Å². The molecule has 2 N–H and O–H groups in total. The lowest BCUT2D eigenvalue weighted by atomic mass is 9.78. The molecule has 0 aromatic carbocycles. The van der Waals surface area contributed by atoms with Crippen molar-refractivity contribution in [3.8, 4) is 0 Å². The molecule has 12 heteroatoms. The second-order valence-electron chi connectivity index (χ2n) is 11.8. The Morgan fingerprint density at radius 2 is 1.55 bits per heavy atom. The van der Waals surface area contributed by atoms with Crippen molar-refractivity contribution in [2.24, 2.45) is 11.8 Å². The number of aliphatic carboxylic acids is 2. The maximum Gasteiger partial charge on any atom is 0.336 e. The molecule has 0 aromatic heterocycles. The average molecular weight is 681 g/mol. The van der Waals surface area contributed by atoms with Gasteiger partial charge in [-0.25, -0.2) is 9.59 Å². The van der Waals surface area contributed by atoms with Crippen LogP contribution in [-0.2, 0) is 47.7 Å². The Labute approximate surface area is 285 Å². The van der Waals surface area contributed by atoms with Gasteiger partial charge in [-0.1, -0.05) is 55.9 Å². The lowest BCUT2D eigenvalue weighted by molar-refractivity contribution is -0.151. The fourth-order valence-electron chi connectivity index (χ4n) is 5.10. The smallest absolute Gasteiger partial charge is 0.336 e. The van der Waals surface area contributed by atoms with E-state index < -0.39 is 47.7 Å². The van der Waals surface area contributed by atoms with Gasteiger partial charge in [0.05, 0.1) is 36.0 Å². The van der Waals surface area contributed by atoms with Crippen LogP contribution in [0.5, 0.6) is 0 Å². The van der Waals surface area contributed by atoms with Gasteiger partial charge in [-0.05, 0) is 75.8 Å². The first-order valence-corrected chi connectivity index (χ1v) is 15.8. The zero-order chi connectivity index (χ0) is 36.8. The van der Waals surface area contributed by atoms with Gasteiger partial charge in [0.15, 0.2) is 0 Å². The van der Waals surface area contributed by atoms with Gasteiger partial charge in [-0.2, -0.15) is 0 Å². The Morgan fingerprint density at radius 3 is 2.14 bits per heavy atom. The largest absolute Gasteiger partial charge is 0.481 e. The van der Waals surface area contributed by atoms with E-state index in [4.69, 9.17) is 18.9 Å². The highest BCUT2D eigenvalue weighted by molar-refractivity contribution is 5.93. The first kappa shape index (κ1) is 39.9. The van der Waals surface area contributed by atoms with Crippen molar-refractivity contribution in [1.29, 1.82) is 0 Å². The predicted octanol–water partition coefficient (Wildman–Crippen LogP) is 5.98. The van der Waals surface area contributed by atoms with E-state index in [0.717, 1.165) is 5.57 Å². The van der Waals surface area contributed by atoms with Gasteiger partial charge in [0.2, 0.25) is 0 Å². The molecule has 2 atom stereocenters. The summed E-state index contributed by atoms with van der Waals surface area (Å²) in [5.74, 6) is -6.92. The molecule has 12 nitrogen and oxygen atoms in total. The fourth-order valence-corrected chi connectivity index (χ4v) is 5.10. The minimum atomic E-state index is -1.28. The summed E-state index contributed by atoms with van der Waals surface area (Å²) in [7, 11) is 0. The number of ether oxygens (including phenoxy) is 4. The number of hydrogen-bond acceptors (Lipinski definition) is 10. The summed E-state index contributed by atoms with van der Waals surface area (Å²) in [4.78, 5) is 74.1. The summed E-state index contributed by atoms with van der Waals surface area (Å²) in [6.07, 6.45) is 8.41. The minimum absolute atomic E-state index is 0.0330. The number of carboxylic acid groups (broad SMARTS) is 2. The van der Waals surface area contributed by atoms with Crippen molar-refractivity contribution in [2.45, 2.75) is 73.1 Å². The summed E-state index contributed by atoms with van der Waals surface area (Å²) in [5, 5.41) is 20.2. The molecule has 2 rings (SSSR count). The summed E-state index contributed by atoms with van der Waals surface area (Å²) < 4.78 is 20.6. The normalized spacial score (nSPS) is 22.6. The lowest BCUT2D eigenvalue weighted by Gasteiger charge is -2.27. The standard InChI is InChI=1S/C37H44O12/c1-8-9-25-18-27(34(40)41)19-30(37(45)47-15-12-32(38)48-22(4)5)24(7)17-31(25)26-10-11-28(20-29(35(42)43)23(6)16-26)49-33(39)13-14-46-36(44)21(2)3/h10-11,16-17,20,27,30H,2,4,8-9,12-15,18-19H2,1,3,5-7H3,(H,40,41)(H,42,43)/b11-10?,23-16?,24-17?,26-10+,26-16?,28-11+,28-20?,29-20-,29-23?,31-25-. The highest BCUT2D eigenvalue weighted by Gasteiger charge is 2.33. The third-order valence-corrected chi connectivity index (χ3v) is 7.51. The van der Waals surface area contributed by atoms with Crippen LogP contribution in [-0.4, -0.2) is 59.2 Å². The van der Waals surface area contributed by atoms with Crippen LogP contribution >= 0.6 is 0 Å². The molecule has 2 aliphatic rings. The van der Waals surface area contributed by atoms with Crippen LogP contribution < -0.4 is 0 Å². The van der Waals surface area contributed by atoms with Crippen molar-refractivity contribution in [2.75, 3.05) is 13.2 Å². The Hall–Kier alpha value is -5.26. The Morgan fingerprint density at radius 1 is 0.898 bits per heavy atom. The van der Waals surface area contributed by atoms with Crippen LogP contribution in [0.2, 0.25) is 0 Å². The molecule has 0 spiro atoms. The molecule has 0 bridgehead atoms. The molecule has 0 aliphatic heterocycles. The molecule has 2 aliphatic carbocycles. The van der Waals surface area contributed by atoms with Gasteiger partial charge in [-0.15, -0.1) is 0 Å². The van der Waals surface area contributed by atoms with E-state index >= 15 is 0 Å². The molecule has 0 aromatic rings. The quantitative estimate of drug-likeness (QED) is 0.0895. The maximum atomic E-state index is 13.3. The highest BCUT2D eigenvalue weighted by Crippen LogP contribution is 2.37. The minimum Gasteiger partial charge on any atom is -0.481 e. The molecule has 0 saturated heterocycles. The van der Waals surface area contributed by atoms with Crippen molar-refractivity contribution < 1.29 is 57.9 Å². The lowest BCUT2D eigenvalue weighted by Crippen LogP contribution is -2.28. The maximum absolute atomic E-state index is 13.3. The number of carbonyl (C=O) groups is 6. The predicted molar refractivity (Wildman–Crippen MR) is 178 cm³/mol. The summed E-state index contributed by atoms with van der Waals surface area (Å²) >= 11 is 0. The molecule has 0 radical (unpaired) electrons. The average Bonchev–Trinajstić information content (AvgIpc) is 2.99. The Bertz CT molecular complexity index is 1580. The van der Waals surface area contributed by atoms with Gasteiger partial charge >= 0.3 is 35.8 Å². The number of allylic oxidation sites excluding steroid dienone is 9. The third kappa shape index (κ3) is 12.7. The van der Waals surface area contributed by atoms with E-state index in [1.807, 2.05) is 6.92 Å². The van der Waals surface area contributed by atoms with Crippen LogP contribution in [0, 0.1) is 11.8 Å². The van der Waals surface area contributed by atoms with E-state index in [9.17, 15) is 39.0 Å². The number of esters is 4. The zero-order valence-electron chi connectivity index (χ0n) is 28.6. The summed E-state index contributed by atoms with van der Waals surface area (Å²) in [6, 6.07) is 0. The first-order valence-electron chi connectivity index (χ1n) is 15.8. The van der Waals surface area contributed by atoms with Crippen LogP contribution in [0.1, 0.15) is 73.1 Å². The van der Waals surface area contributed by atoms with E-state index in [0.29, 0.717) is 35.1 Å². The number of hydrogen-bond donors (Lipinski definition) is 2. The molecular weight excluding hydrogens is 636 g/mol. The molecule has 2 unspecified atom stereocenters. The molecular formula is C37H44O12. The van der Waals surface area contributed by atoms with Crippen molar-refractivity contribution in [3.05, 3.63) is 94.1 Å². The van der Waals surface area contributed by atoms with Gasteiger partial charge in [-0.3, -0.25) is 19.2 Å². The second kappa shape index (κ2) is 18.9. The zero-order valence-corrected chi connectivity index (χ0v) is 28.6. The number of rotatable bonds is 15. The van der Waals surface area contributed by atoms with Crippen molar-refractivity contribution in [3.63, 3.8) is 0 Å². The molecule has 0 fully saturated rings. The van der Waals surface area contributed by atoms with Crippen molar-refractivity contribution >= 4 is 35.8 Å². The van der Waals surface area contributed by atoms with Crippen LogP contribution in [0.4, 0.5) is 0 Å². The summed E-state index contributed by atoms with van der Waals surface area (Å²) in [6.45, 7) is 14.6. The Kier molecular flexibility index (Phi) is 15.4. The fraction of sp³-hybridized carbons (Fsp3) is 0.405. The van der Waals surface area contributed by atoms with Crippen molar-refractivity contribution in [1.82, 2.24) is 0 Å². The summed E-state index contributed by atoms with van der Waals surface area (Å²) in [5.41, 5.74) is 2.71. The second-order valence-corrected chi connectivity index (χ2v) is 11.8. The third-order valence-electron chi connectivity index (χ3n) is 7.51. The van der Waals surface area contributed by atoms with Crippen LogP contribution in [0.25, 0.3) is 0 Å². The van der Waals surface area contributed by atoms with Gasteiger partial charge in [0.1, 0.15) is 19.0 Å². The Balaban J connectivity index is 2.57. The first-order chi connectivity index (χ1) is 23.0. The monoisotopic (exact) mass is 680 g/mol. The van der Waals surface area contributed by atoms with Gasteiger partial charge in [0, 0.05) is 5.57 Å². The molecule has 0 heterocycles. The molecule has 0 saturated carbocycles. The van der Waals surface area contributed by atoms with E-state index in [-0.39, 0.29) is 61.6 Å². The van der Waals surface area contributed by atoms with E-state index in [1.54, 1.807) is 32.1 Å².